The van der Waals surface area contributed by atoms with Crippen LogP contribution >= 0.6 is 0 Å². The third-order valence-corrected chi connectivity index (χ3v) is 3.42. The predicted octanol–water partition coefficient (Wildman–Crippen LogP) is 1.46. The van der Waals surface area contributed by atoms with Crippen LogP contribution in [-0.2, 0) is 11.8 Å². The molecule has 116 valence electrons. The molecule has 1 aromatic heterocycles. The lowest BCUT2D eigenvalue weighted by Crippen LogP contribution is -2.38. The number of hydrogen-bond acceptors (Lipinski definition) is 3. The Hall–Kier alpha value is -2.11. The highest BCUT2D eigenvalue weighted by Crippen LogP contribution is 2.07. The van der Waals surface area contributed by atoms with Crippen LogP contribution in [0.3, 0.4) is 0 Å². The van der Waals surface area contributed by atoms with Crippen LogP contribution in [0.1, 0.15) is 48.8 Å². The van der Waals surface area contributed by atoms with Crippen molar-refractivity contribution < 1.29 is 14.7 Å². The van der Waals surface area contributed by atoms with Crippen molar-refractivity contribution >= 4 is 11.9 Å². The Morgan fingerprint density at radius 3 is 2.62 bits per heavy atom. The SMILES string of the molecule is CCCC[C@@H](CC(=O)O)NC(=O)c1cc(=O)cc(C)n1C. The summed E-state index contributed by atoms with van der Waals surface area (Å²) in [5, 5.41) is 11.6. The third-order valence-electron chi connectivity index (χ3n) is 3.42. The van der Waals surface area contributed by atoms with Crippen LogP contribution in [-0.4, -0.2) is 27.6 Å². The summed E-state index contributed by atoms with van der Waals surface area (Å²) in [5.41, 5.74) is 0.682. The molecule has 0 saturated carbocycles. The van der Waals surface area contributed by atoms with Gasteiger partial charge in [-0.05, 0) is 13.3 Å². The van der Waals surface area contributed by atoms with Gasteiger partial charge in [0.1, 0.15) is 5.69 Å². The minimum absolute atomic E-state index is 0.120. The van der Waals surface area contributed by atoms with Gasteiger partial charge < -0.3 is 15.0 Å². The maximum Gasteiger partial charge on any atom is 0.305 e. The van der Waals surface area contributed by atoms with Crippen molar-refractivity contribution in [3.63, 3.8) is 0 Å². The van der Waals surface area contributed by atoms with E-state index in [0.29, 0.717) is 12.1 Å². The summed E-state index contributed by atoms with van der Waals surface area (Å²) in [6.45, 7) is 3.74. The molecule has 0 bridgehead atoms. The number of pyridine rings is 1. The number of carbonyl (C=O) groups is 2. The fourth-order valence-corrected chi connectivity index (χ4v) is 2.13. The molecule has 1 atom stereocenters. The summed E-state index contributed by atoms with van der Waals surface area (Å²) in [5.74, 6) is -1.37. The van der Waals surface area contributed by atoms with E-state index >= 15 is 0 Å². The minimum Gasteiger partial charge on any atom is -0.481 e. The molecule has 0 aromatic carbocycles. The molecule has 0 fully saturated rings. The molecular formula is C15H22N2O4. The van der Waals surface area contributed by atoms with Crippen LogP contribution in [0.5, 0.6) is 0 Å². The second-order valence-corrected chi connectivity index (χ2v) is 5.19. The first-order chi connectivity index (χ1) is 9.85. The number of aryl methyl sites for hydroxylation is 1. The molecule has 21 heavy (non-hydrogen) atoms. The van der Waals surface area contributed by atoms with Gasteiger partial charge in [-0.2, -0.15) is 0 Å². The second-order valence-electron chi connectivity index (χ2n) is 5.19. The summed E-state index contributed by atoms with van der Waals surface area (Å²) in [6, 6.07) is 2.29. The van der Waals surface area contributed by atoms with Crippen molar-refractivity contribution in [2.75, 3.05) is 0 Å². The van der Waals surface area contributed by atoms with E-state index in [0.717, 1.165) is 12.8 Å². The number of nitrogens with one attached hydrogen (secondary N) is 1. The molecule has 0 unspecified atom stereocenters. The molecule has 0 spiro atoms. The van der Waals surface area contributed by atoms with Gasteiger partial charge in [-0.3, -0.25) is 14.4 Å². The molecule has 1 amide bonds. The number of aromatic nitrogens is 1. The highest BCUT2D eigenvalue weighted by Gasteiger charge is 2.18. The maximum absolute atomic E-state index is 12.3. The molecule has 0 aliphatic rings. The number of carboxylic acids is 1. The summed E-state index contributed by atoms with van der Waals surface area (Å²) in [7, 11) is 1.70. The van der Waals surface area contributed by atoms with Crippen LogP contribution in [0.4, 0.5) is 0 Å². The van der Waals surface area contributed by atoms with E-state index in [1.54, 1.807) is 18.5 Å². The van der Waals surface area contributed by atoms with Crippen molar-refractivity contribution in [3.8, 4) is 0 Å². The summed E-state index contributed by atoms with van der Waals surface area (Å²) < 4.78 is 1.62. The quantitative estimate of drug-likeness (QED) is 0.796. The Kier molecular flexibility index (Phi) is 6.14. The number of hydrogen-bond donors (Lipinski definition) is 2. The first-order valence-electron chi connectivity index (χ1n) is 7.05. The number of amides is 1. The average Bonchev–Trinajstić information content (AvgIpc) is 2.39. The van der Waals surface area contributed by atoms with Gasteiger partial charge in [0, 0.05) is 30.9 Å². The van der Waals surface area contributed by atoms with Gasteiger partial charge in [0.25, 0.3) is 5.91 Å². The predicted molar refractivity (Wildman–Crippen MR) is 79.5 cm³/mol. The zero-order valence-electron chi connectivity index (χ0n) is 12.7. The first-order valence-corrected chi connectivity index (χ1v) is 7.05. The second kappa shape index (κ2) is 7.61. The average molecular weight is 294 g/mol. The fraction of sp³-hybridized carbons (Fsp3) is 0.533. The molecule has 0 aliphatic carbocycles. The molecular weight excluding hydrogens is 272 g/mol. The van der Waals surface area contributed by atoms with Crippen molar-refractivity contribution in [1.29, 1.82) is 0 Å². The van der Waals surface area contributed by atoms with E-state index < -0.39 is 17.9 Å². The van der Waals surface area contributed by atoms with Crippen LogP contribution in [0.25, 0.3) is 0 Å². The monoisotopic (exact) mass is 294 g/mol. The van der Waals surface area contributed by atoms with Crippen LogP contribution in [0, 0.1) is 6.92 Å². The van der Waals surface area contributed by atoms with Crippen LogP contribution < -0.4 is 10.7 Å². The van der Waals surface area contributed by atoms with Gasteiger partial charge >= 0.3 is 5.97 Å². The molecule has 0 radical (unpaired) electrons. The Morgan fingerprint density at radius 2 is 2.05 bits per heavy atom. The van der Waals surface area contributed by atoms with Gasteiger partial charge in [0.2, 0.25) is 0 Å². The molecule has 1 aromatic rings. The van der Waals surface area contributed by atoms with Crippen LogP contribution in [0.15, 0.2) is 16.9 Å². The highest BCUT2D eigenvalue weighted by atomic mass is 16.4. The normalized spacial score (nSPS) is 12.0. The van der Waals surface area contributed by atoms with E-state index in [4.69, 9.17) is 5.11 Å². The van der Waals surface area contributed by atoms with Gasteiger partial charge in [-0.25, -0.2) is 0 Å². The van der Waals surface area contributed by atoms with Gasteiger partial charge in [-0.1, -0.05) is 19.8 Å². The van der Waals surface area contributed by atoms with Crippen molar-refractivity contribution in [2.24, 2.45) is 7.05 Å². The number of nitrogens with zero attached hydrogens (tertiary/aromatic N) is 1. The zero-order chi connectivity index (χ0) is 16.0. The molecule has 0 aliphatic heterocycles. The largest absolute Gasteiger partial charge is 0.481 e. The van der Waals surface area contributed by atoms with Gasteiger partial charge in [0.05, 0.1) is 6.42 Å². The topological polar surface area (TPSA) is 88.4 Å². The van der Waals surface area contributed by atoms with E-state index in [1.807, 2.05) is 6.92 Å². The molecule has 6 heteroatoms. The van der Waals surface area contributed by atoms with Crippen molar-refractivity contribution in [1.82, 2.24) is 9.88 Å². The number of carboxylic acid groups (broad SMARTS) is 1. The third kappa shape index (κ3) is 5.06. The number of rotatable bonds is 7. The van der Waals surface area contributed by atoms with Gasteiger partial charge in [-0.15, -0.1) is 0 Å². The van der Waals surface area contributed by atoms with E-state index in [-0.39, 0.29) is 17.5 Å². The maximum atomic E-state index is 12.3. The molecule has 1 rings (SSSR count). The molecule has 2 N–H and O–H groups in total. The van der Waals surface area contributed by atoms with Crippen LogP contribution in [0.2, 0.25) is 0 Å². The van der Waals surface area contributed by atoms with Gasteiger partial charge in [0.15, 0.2) is 5.43 Å². The lowest BCUT2D eigenvalue weighted by molar-refractivity contribution is -0.137. The summed E-state index contributed by atoms with van der Waals surface area (Å²) >= 11 is 0. The summed E-state index contributed by atoms with van der Waals surface area (Å²) in [6.07, 6.45) is 2.25. The van der Waals surface area contributed by atoms with Crippen molar-refractivity contribution in [2.45, 2.75) is 45.6 Å². The first kappa shape index (κ1) is 16.9. The lowest BCUT2D eigenvalue weighted by Gasteiger charge is -2.18. The van der Waals surface area contributed by atoms with E-state index in [1.165, 1.54) is 12.1 Å². The standard InChI is InChI=1S/C15H22N2O4/c1-4-5-6-11(8-14(19)20)16-15(21)13-9-12(18)7-10(2)17(13)3/h7,9,11H,4-6,8H2,1-3H3,(H,16,21)(H,19,20)/t11-/m0/s1. The fourth-order valence-electron chi connectivity index (χ4n) is 2.13. The van der Waals surface area contributed by atoms with Crippen molar-refractivity contribution in [3.05, 3.63) is 33.7 Å². The number of unbranched alkanes of at least 4 members (excludes halogenated alkanes) is 1. The number of carbonyl (C=O) groups excluding carboxylic acids is 1. The Labute approximate surface area is 123 Å². The Morgan fingerprint density at radius 1 is 1.38 bits per heavy atom. The molecule has 0 saturated heterocycles. The molecule has 6 nitrogen and oxygen atoms in total. The Bertz CT molecular complexity index is 578. The minimum atomic E-state index is -0.950. The lowest BCUT2D eigenvalue weighted by atomic mass is 10.1. The molecule has 1 heterocycles. The zero-order valence-corrected chi connectivity index (χ0v) is 12.7. The highest BCUT2D eigenvalue weighted by molar-refractivity contribution is 5.93. The Balaban J connectivity index is 2.91. The van der Waals surface area contributed by atoms with E-state index in [2.05, 4.69) is 5.32 Å². The summed E-state index contributed by atoms with van der Waals surface area (Å²) in [4.78, 5) is 34.6. The van der Waals surface area contributed by atoms with E-state index in [9.17, 15) is 14.4 Å². The number of aliphatic carboxylic acids is 1. The smallest absolute Gasteiger partial charge is 0.305 e.